The number of hydrogen-bond acceptors (Lipinski definition) is 10. The van der Waals surface area contributed by atoms with Crippen molar-refractivity contribution in [3.63, 3.8) is 0 Å². The minimum Gasteiger partial charge on any atom is -0.392 e. The first-order chi connectivity index (χ1) is 22.0. The predicted molar refractivity (Wildman–Crippen MR) is 165 cm³/mol. The van der Waals surface area contributed by atoms with Crippen molar-refractivity contribution in [1.29, 1.82) is 0 Å². The minimum atomic E-state index is -0.614. The molecule has 0 unspecified atom stereocenters. The van der Waals surface area contributed by atoms with Crippen LogP contribution in [0.4, 0.5) is 0 Å². The molecule has 0 aliphatic carbocycles. The van der Waals surface area contributed by atoms with E-state index in [2.05, 4.69) is 20.8 Å². The summed E-state index contributed by atoms with van der Waals surface area (Å²) in [5.41, 5.74) is 6.08. The molecule has 3 atom stereocenters. The smallest absolute Gasteiger partial charge is 0.243 e. The highest BCUT2D eigenvalue weighted by Crippen LogP contribution is 2.39. The Balaban J connectivity index is 1.22. The molecule has 0 radical (unpaired) electrons. The number of para-hydroxylation sites is 1. The van der Waals surface area contributed by atoms with Crippen molar-refractivity contribution in [2.75, 3.05) is 5.75 Å². The first-order valence-electron chi connectivity index (χ1n) is 14.8. The molecule has 236 valence electrons. The second-order valence-electron chi connectivity index (χ2n) is 10.6. The lowest BCUT2D eigenvalue weighted by Gasteiger charge is -2.36. The summed E-state index contributed by atoms with van der Waals surface area (Å²) < 4.78 is 14.6. The zero-order chi connectivity index (χ0) is 31.4. The van der Waals surface area contributed by atoms with Gasteiger partial charge in [0, 0.05) is 37.1 Å². The van der Waals surface area contributed by atoms with Gasteiger partial charge in [0.2, 0.25) is 17.0 Å². The number of benzene rings is 3. The third-order valence-corrected chi connectivity index (χ3v) is 8.43. The first-order valence-corrected chi connectivity index (χ1v) is 15.8. The second kappa shape index (κ2) is 16.3. The molecule has 1 aliphatic heterocycles. The highest BCUT2D eigenvalue weighted by atomic mass is 32.2. The molecule has 45 heavy (non-hydrogen) atoms. The predicted octanol–water partition coefficient (Wildman–Crippen LogP) is 4.17. The lowest BCUT2D eigenvalue weighted by molar-refractivity contribution is -0.245. The van der Waals surface area contributed by atoms with Crippen molar-refractivity contribution in [2.24, 2.45) is 0 Å². The normalized spacial score (nSPS) is 18.0. The minimum absolute atomic E-state index is 0.0247. The Hall–Kier alpha value is -4.14. The largest absolute Gasteiger partial charge is 0.392 e. The molecule has 0 saturated carbocycles. The second-order valence-corrected chi connectivity index (χ2v) is 11.6. The summed E-state index contributed by atoms with van der Waals surface area (Å²) in [6.07, 6.45) is 1.18. The number of aliphatic hydroxyl groups excluding tert-OH is 1. The fourth-order valence-electron chi connectivity index (χ4n) is 4.90. The average molecular weight is 633 g/mol. The maximum absolute atomic E-state index is 12.2. The highest BCUT2D eigenvalue weighted by Gasteiger charge is 2.32. The standard InChI is InChI=1S/C32H36N6O6S/c39-20-23-12-14-24(15-13-23)28-18-27(21-45-32-34-36-37-38(32)26-6-2-1-3-7-26)43-31(44-28)25-16-10-22(11-17-25)19-33-29(40)8-4-5-9-30(41)35-42/h1-3,6-7,10-17,27-28,31,39,42H,4-5,8-9,18-21H2,(H,33,40)(H,35,41)/t27-,28+,31+/m0/s1. The first kappa shape index (κ1) is 32.3. The number of aromatic nitrogens is 4. The van der Waals surface area contributed by atoms with E-state index in [1.54, 1.807) is 10.2 Å². The van der Waals surface area contributed by atoms with E-state index in [0.29, 0.717) is 43.1 Å². The van der Waals surface area contributed by atoms with Crippen LogP contribution < -0.4 is 10.8 Å². The molecule has 2 heterocycles. The van der Waals surface area contributed by atoms with E-state index in [9.17, 15) is 14.7 Å². The van der Waals surface area contributed by atoms with Crippen LogP contribution in [0.5, 0.6) is 0 Å². The highest BCUT2D eigenvalue weighted by molar-refractivity contribution is 7.99. The number of hydroxylamine groups is 1. The number of hydrogen-bond donors (Lipinski definition) is 4. The lowest BCUT2D eigenvalue weighted by Crippen LogP contribution is -2.31. The number of aliphatic hydroxyl groups is 1. The van der Waals surface area contributed by atoms with E-state index < -0.39 is 12.2 Å². The van der Waals surface area contributed by atoms with E-state index in [1.165, 1.54) is 11.8 Å². The molecule has 0 bridgehead atoms. The Morgan fingerprint density at radius 3 is 2.29 bits per heavy atom. The molecule has 4 N–H and O–H groups in total. The quantitative estimate of drug-likeness (QED) is 0.0687. The maximum atomic E-state index is 12.2. The number of thioether (sulfide) groups is 1. The van der Waals surface area contributed by atoms with Crippen LogP contribution in [0.15, 0.2) is 84.0 Å². The summed E-state index contributed by atoms with van der Waals surface area (Å²) in [4.78, 5) is 23.3. The van der Waals surface area contributed by atoms with Gasteiger partial charge in [-0.3, -0.25) is 14.8 Å². The van der Waals surface area contributed by atoms with Crippen LogP contribution in [-0.4, -0.2) is 54.2 Å². The number of ether oxygens (including phenoxy) is 2. The Morgan fingerprint density at radius 2 is 1.58 bits per heavy atom. The molecule has 1 aromatic heterocycles. The molecule has 13 heteroatoms. The summed E-state index contributed by atoms with van der Waals surface area (Å²) in [5, 5.41) is 33.8. The SMILES string of the molecule is O=C(CCCCC(=O)NCc1ccc([C@@H]2O[C@H](CSc3nnnn3-c3ccccc3)C[C@H](c3ccc(CO)cc3)O2)cc1)NO. The van der Waals surface area contributed by atoms with E-state index in [4.69, 9.17) is 14.7 Å². The van der Waals surface area contributed by atoms with Gasteiger partial charge in [0.05, 0.1) is 24.5 Å². The molecule has 5 rings (SSSR count). The van der Waals surface area contributed by atoms with Crippen molar-refractivity contribution in [2.45, 2.75) is 68.9 Å². The van der Waals surface area contributed by atoms with Crippen molar-refractivity contribution in [1.82, 2.24) is 31.0 Å². The topological polar surface area (TPSA) is 161 Å². The van der Waals surface area contributed by atoms with Gasteiger partial charge in [0.15, 0.2) is 6.29 Å². The molecule has 2 amide bonds. The van der Waals surface area contributed by atoms with Gasteiger partial charge in [-0.2, -0.15) is 4.68 Å². The molecular formula is C32H36N6O6S. The van der Waals surface area contributed by atoms with Crippen LogP contribution >= 0.6 is 11.8 Å². The van der Waals surface area contributed by atoms with Crippen LogP contribution in [0.2, 0.25) is 0 Å². The summed E-state index contributed by atoms with van der Waals surface area (Å²) in [6.45, 7) is 0.348. The molecule has 1 saturated heterocycles. The number of unbranched alkanes of at least 4 members (excludes halogenated alkanes) is 1. The number of tetrazole rings is 1. The molecular weight excluding hydrogens is 596 g/mol. The van der Waals surface area contributed by atoms with Gasteiger partial charge in [-0.05, 0) is 52.1 Å². The summed E-state index contributed by atoms with van der Waals surface area (Å²) >= 11 is 1.52. The van der Waals surface area contributed by atoms with Gasteiger partial charge < -0.3 is 19.9 Å². The van der Waals surface area contributed by atoms with Crippen molar-refractivity contribution < 1.29 is 29.4 Å². The average Bonchev–Trinajstić information content (AvgIpc) is 3.57. The van der Waals surface area contributed by atoms with Crippen molar-refractivity contribution in [3.8, 4) is 5.69 Å². The Labute approximate surface area is 265 Å². The van der Waals surface area contributed by atoms with Crippen LogP contribution in [0, 0.1) is 0 Å². The Kier molecular flexibility index (Phi) is 11.6. The number of carbonyl (C=O) groups is 2. The molecule has 1 aliphatic rings. The molecule has 1 fully saturated rings. The lowest BCUT2D eigenvalue weighted by atomic mass is 10.0. The summed E-state index contributed by atoms with van der Waals surface area (Å²) in [7, 11) is 0. The van der Waals surface area contributed by atoms with Crippen LogP contribution in [0.25, 0.3) is 5.69 Å². The molecule has 3 aromatic carbocycles. The number of amides is 2. The van der Waals surface area contributed by atoms with Gasteiger partial charge in [-0.15, -0.1) is 5.10 Å². The maximum Gasteiger partial charge on any atom is 0.243 e. The number of nitrogens with one attached hydrogen (secondary N) is 2. The zero-order valence-corrected chi connectivity index (χ0v) is 25.4. The zero-order valence-electron chi connectivity index (χ0n) is 24.6. The Morgan fingerprint density at radius 1 is 0.889 bits per heavy atom. The van der Waals surface area contributed by atoms with E-state index in [-0.39, 0.29) is 31.1 Å². The van der Waals surface area contributed by atoms with Gasteiger partial charge in [-0.1, -0.05) is 78.5 Å². The van der Waals surface area contributed by atoms with Gasteiger partial charge in [0.1, 0.15) is 0 Å². The van der Waals surface area contributed by atoms with E-state index in [1.807, 2.05) is 78.9 Å². The van der Waals surface area contributed by atoms with Gasteiger partial charge in [-0.25, -0.2) is 5.48 Å². The van der Waals surface area contributed by atoms with Crippen LogP contribution in [0.1, 0.15) is 66.8 Å². The number of carbonyl (C=O) groups excluding carboxylic acids is 2. The van der Waals surface area contributed by atoms with Crippen molar-refractivity contribution >= 4 is 23.6 Å². The van der Waals surface area contributed by atoms with Crippen LogP contribution in [0.3, 0.4) is 0 Å². The number of rotatable bonds is 14. The molecule has 12 nitrogen and oxygen atoms in total. The Bertz CT molecular complexity index is 1520. The monoisotopic (exact) mass is 632 g/mol. The number of nitrogens with zero attached hydrogens (tertiary/aromatic N) is 4. The summed E-state index contributed by atoms with van der Waals surface area (Å²) in [5.74, 6) is 0.0472. The fraction of sp³-hybridized carbons (Fsp3) is 0.344. The molecule has 4 aromatic rings. The van der Waals surface area contributed by atoms with Gasteiger partial charge in [0.25, 0.3) is 0 Å². The van der Waals surface area contributed by atoms with E-state index >= 15 is 0 Å². The van der Waals surface area contributed by atoms with Crippen LogP contribution in [-0.2, 0) is 32.2 Å². The summed E-state index contributed by atoms with van der Waals surface area (Å²) in [6, 6.07) is 25.2. The van der Waals surface area contributed by atoms with Crippen molar-refractivity contribution in [3.05, 3.63) is 101 Å². The molecule has 0 spiro atoms. The van der Waals surface area contributed by atoms with E-state index in [0.717, 1.165) is 27.9 Å². The third-order valence-electron chi connectivity index (χ3n) is 7.38. The fourth-order valence-corrected chi connectivity index (χ4v) is 5.81. The van der Waals surface area contributed by atoms with Gasteiger partial charge >= 0.3 is 0 Å². The third kappa shape index (κ3) is 9.19.